The second-order valence-corrected chi connectivity index (χ2v) is 7.09. The molecule has 1 rings (SSSR count). The van der Waals surface area contributed by atoms with Crippen molar-refractivity contribution >= 4 is 64.7 Å². The van der Waals surface area contributed by atoms with Gasteiger partial charge in [-0.2, -0.15) is 0 Å². The maximum Gasteiger partial charge on any atom is 0.0785 e. The predicted molar refractivity (Wildman–Crippen MR) is 71.8 cm³/mol. The van der Waals surface area contributed by atoms with Crippen molar-refractivity contribution in [2.24, 2.45) is 0 Å². The van der Waals surface area contributed by atoms with E-state index in [1.165, 1.54) is 20.5 Å². The molecule has 0 atom stereocenters. The fraction of sp³-hybridized carbons (Fsp3) is 0.333. The van der Waals surface area contributed by atoms with Crippen LogP contribution in [0.1, 0.15) is 19.4 Å². The summed E-state index contributed by atoms with van der Waals surface area (Å²) in [5.74, 6) is 0. The van der Waals surface area contributed by atoms with Crippen LogP contribution in [0.3, 0.4) is 0 Å². The Morgan fingerprint density at radius 2 is 2.00 bits per heavy atom. The first-order valence-corrected chi connectivity index (χ1v) is 7.26. The zero-order valence-electron chi connectivity index (χ0n) is 7.33. The van der Waals surface area contributed by atoms with E-state index >= 15 is 0 Å². The molecule has 0 saturated heterocycles. The zero-order valence-corrected chi connectivity index (χ0v) is 12.9. The molecule has 4 heteroatoms. The predicted octanol–water partition coefficient (Wildman–Crippen LogP) is 5.46. The van der Waals surface area contributed by atoms with Crippen LogP contribution in [0, 0.1) is 0 Å². The highest BCUT2D eigenvalue weighted by Gasteiger charge is 2.08. The third-order valence-corrected chi connectivity index (χ3v) is 5.08. The number of halogens is 3. The molecule has 0 fully saturated rings. The summed E-state index contributed by atoms with van der Waals surface area (Å²) >= 11 is 12.2. The van der Waals surface area contributed by atoms with Crippen molar-refractivity contribution in [1.29, 1.82) is 0 Å². The van der Waals surface area contributed by atoms with Crippen molar-refractivity contribution in [3.8, 4) is 0 Å². The Labute approximate surface area is 108 Å². The lowest BCUT2D eigenvalue weighted by molar-refractivity contribution is 1.39. The Morgan fingerprint density at radius 1 is 1.38 bits per heavy atom. The second kappa shape index (κ2) is 5.10. The third kappa shape index (κ3) is 2.91. The average Bonchev–Trinajstić information content (AvgIpc) is 2.42. The average molecular weight is 389 g/mol. The van der Waals surface area contributed by atoms with Crippen LogP contribution in [-0.2, 0) is 0 Å². The van der Waals surface area contributed by atoms with Crippen LogP contribution in [0.25, 0.3) is 5.57 Å². The Hall–Kier alpha value is 0.880. The van der Waals surface area contributed by atoms with E-state index in [2.05, 4.69) is 67.7 Å². The first kappa shape index (κ1) is 12.0. The summed E-state index contributed by atoms with van der Waals surface area (Å²) < 4.78 is 2.35. The molecule has 72 valence electrons. The molecule has 0 aromatic carbocycles. The van der Waals surface area contributed by atoms with Crippen molar-refractivity contribution in [2.45, 2.75) is 13.8 Å². The molecule has 0 nitrogen and oxygen atoms in total. The Kier molecular flexibility index (Phi) is 4.69. The fourth-order valence-corrected chi connectivity index (χ4v) is 4.32. The lowest BCUT2D eigenvalue weighted by atomic mass is 10.1. The van der Waals surface area contributed by atoms with Crippen LogP contribution in [0.4, 0.5) is 0 Å². The first-order valence-electron chi connectivity index (χ1n) is 3.73. The first-order chi connectivity index (χ1) is 6.06. The van der Waals surface area contributed by atoms with Gasteiger partial charge in [0, 0.05) is 10.9 Å². The van der Waals surface area contributed by atoms with E-state index in [0.717, 1.165) is 9.12 Å². The van der Waals surface area contributed by atoms with E-state index in [-0.39, 0.29) is 0 Å². The number of hydrogen-bond acceptors (Lipinski definition) is 1. The van der Waals surface area contributed by atoms with Gasteiger partial charge in [-0.1, -0.05) is 21.5 Å². The van der Waals surface area contributed by atoms with Gasteiger partial charge in [0.2, 0.25) is 0 Å². The van der Waals surface area contributed by atoms with E-state index in [4.69, 9.17) is 0 Å². The molecule has 0 N–H and O–H groups in total. The molecule has 0 aliphatic heterocycles. The van der Waals surface area contributed by atoms with Crippen molar-refractivity contribution in [3.05, 3.63) is 24.8 Å². The molecular weight excluding hydrogens is 380 g/mol. The Balaban J connectivity index is 3.15. The van der Waals surface area contributed by atoms with Crippen molar-refractivity contribution in [3.63, 3.8) is 0 Å². The second-order valence-electron chi connectivity index (χ2n) is 2.78. The van der Waals surface area contributed by atoms with Crippen molar-refractivity contribution in [1.82, 2.24) is 0 Å². The quantitative estimate of drug-likeness (QED) is 0.590. The monoisotopic (exact) mass is 386 g/mol. The van der Waals surface area contributed by atoms with Gasteiger partial charge in [0.15, 0.2) is 0 Å². The molecule has 0 saturated carbocycles. The molecule has 0 spiro atoms. The van der Waals surface area contributed by atoms with E-state index < -0.39 is 0 Å². The molecule has 0 aliphatic rings. The molecule has 0 bridgehead atoms. The Bertz CT molecular complexity index is 339. The van der Waals surface area contributed by atoms with Gasteiger partial charge in [0.25, 0.3) is 0 Å². The van der Waals surface area contributed by atoms with E-state index in [9.17, 15) is 0 Å². The van der Waals surface area contributed by atoms with Gasteiger partial charge in [0.1, 0.15) is 0 Å². The lowest BCUT2D eigenvalue weighted by Crippen LogP contribution is -1.84. The lowest BCUT2D eigenvalue weighted by Gasteiger charge is -2.03. The standard InChI is InChI=1S/C9H9Br3S/c1-5(4-10)6(2)7-3-8(11)13-9(7)12/h3H,4H2,1-2H3/b6-5+. The minimum atomic E-state index is 0.929. The fourth-order valence-electron chi connectivity index (χ4n) is 0.926. The van der Waals surface area contributed by atoms with Gasteiger partial charge < -0.3 is 0 Å². The summed E-state index contributed by atoms with van der Waals surface area (Å²) in [7, 11) is 0. The van der Waals surface area contributed by atoms with Crippen LogP contribution >= 0.6 is 59.1 Å². The van der Waals surface area contributed by atoms with E-state index in [1.807, 2.05) is 0 Å². The van der Waals surface area contributed by atoms with Crippen LogP contribution in [-0.4, -0.2) is 5.33 Å². The summed E-state index contributed by atoms with van der Waals surface area (Å²) in [6, 6.07) is 2.15. The van der Waals surface area contributed by atoms with Crippen LogP contribution < -0.4 is 0 Å². The molecular formula is C9H9Br3S. The summed E-state index contributed by atoms with van der Waals surface area (Å²) in [5, 5.41) is 0.929. The van der Waals surface area contributed by atoms with Gasteiger partial charge in [-0.15, -0.1) is 11.3 Å². The highest BCUT2D eigenvalue weighted by atomic mass is 79.9. The van der Waals surface area contributed by atoms with Gasteiger partial charge in [-0.25, -0.2) is 0 Å². The summed E-state index contributed by atoms with van der Waals surface area (Å²) in [6.07, 6.45) is 0. The summed E-state index contributed by atoms with van der Waals surface area (Å²) in [5.41, 5.74) is 3.99. The molecule has 1 aromatic rings. The van der Waals surface area contributed by atoms with Crippen LogP contribution in [0.15, 0.2) is 19.2 Å². The summed E-state index contributed by atoms with van der Waals surface area (Å²) in [4.78, 5) is 0. The van der Waals surface area contributed by atoms with Crippen molar-refractivity contribution < 1.29 is 0 Å². The molecule has 0 amide bonds. The number of thiophene rings is 1. The highest BCUT2D eigenvalue weighted by Crippen LogP contribution is 2.36. The molecule has 1 heterocycles. The van der Waals surface area contributed by atoms with Crippen LogP contribution in [0.5, 0.6) is 0 Å². The topological polar surface area (TPSA) is 0 Å². The van der Waals surface area contributed by atoms with Gasteiger partial charge >= 0.3 is 0 Å². The number of alkyl halides is 1. The minimum absolute atomic E-state index is 0.929. The maximum absolute atomic E-state index is 3.55. The smallest absolute Gasteiger partial charge is 0.0785 e. The molecule has 1 aromatic heterocycles. The van der Waals surface area contributed by atoms with Crippen molar-refractivity contribution in [2.75, 3.05) is 5.33 Å². The highest BCUT2D eigenvalue weighted by molar-refractivity contribution is 9.12. The minimum Gasteiger partial charge on any atom is -0.121 e. The largest absolute Gasteiger partial charge is 0.121 e. The van der Waals surface area contributed by atoms with E-state index in [0.29, 0.717) is 0 Å². The molecule has 0 aliphatic carbocycles. The van der Waals surface area contributed by atoms with Gasteiger partial charge in [-0.05, 0) is 57.3 Å². The van der Waals surface area contributed by atoms with Gasteiger partial charge in [0.05, 0.1) is 7.57 Å². The SMILES string of the molecule is C/C(CBr)=C(/C)c1cc(Br)sc1Br. The zero-order chi connectivity index (χ0) is 10.0. The molecule has 0 unspecified atom stereocenters. The third-order valence-electron chi connectivity index (χ3n) is 1.90. The number of allylic oxidation sites excluding steroid dienone is 2. The van der Waals surface area contributed by atoms with Crippen LogP contribution in [0.2, 0.25) is 0 Å². The van der Waals surface area contributed by atoms with E-state index in [1.54, 1.807) is 11.3 Å². The number of rotatable bonds is 2. The molecule has 13 heavy (non-hydrogen) atoms. The van der Waals surface area contributed by atoms with Gasteiger partial charge in [-0.3, -0.25) is 0 Å². The maximum atomic E-state index is 3.55. The summed E-state index contributed by atoms with van der Waals surface area (Å²) in [6.45, 7) is 4.29. The normalized spacial score (nSPS) is 13.0. The molecule has 0 radical (unpaired) electrons. The number of hydrogen-bond donors (Lipinski definition) is 0. The Morgan fingerprint density at radius 3 is 2.38 bits per heavy atom.